The molecule has 1 aliphatic rings. The molecule has 0 unspecified atom stereocenters. The van der Waals surface area contributed by atoms with E-state index in [0.717, 1.165) is 19.4 Å². The smallest absolute Gasteiger partial charge is 0.223 e. The minimum Gasteiger partial charge on any atom is -0.396 e. The largest absolute Gasteiger partial charge is 0.396 e. The van der Waals surface area contributed by atoms with Crippen LogP contribution in [-0.4, -0.2) is 41.5 Å². The summed E-state index contributed by atoms with van der Waals surface area (Å²) in [6.07, 6.45) is 2.44. The van der Waals surface area contributed by atoms with E-state index in [1.807, 2.05) is 4.90 Å². The highest BCUT2D eigenvalue weighted by molar-refractivity contribution is 6.18. The van der Waals surface area contributed by atoms with Gasteiger partial charge >= 0.3 is 0 Å². The minimum absolute atomic E-state index is 0.119. The fourth-order valence-corrected chi connectivity index (χ4v) is 1.84. The number of hydrogen-bond donors (Lipinski definition) is 1. The second-order valence-corrected chi connectivity index (χ2v) is 3.85. The van der Waals surface area contributed by atoms with E-state index in [1.54, 1.807) is 0 Å². The number of amides is 1. The molecule has 13 heavy (non-hydrogen) atoms. The van der Waals surface area contributed by atoms with Gasteiger partial charge in [-0.25, -0.2) is 0 Å². The van der Waals surface area contributed by atoms with E-state index in [1.165, 1.54) is 0 Å². The zero-order valence-electron chi connectivity index (χ0n) is 7.71. The van der Waals surface area contributed by atoms with Crippen molar-refractivity contribution in [3.8, 4) is 0 Å². The summed E-state index contributed by atoms with van der Waals surface area (Å²) >= 11 is 5.49. The lowest BCUT2D eigenvalue weighted by molar-refractivity contribution is -0.132. The van der Waals surface area contributed by atoms with Gasteiger partial charge in [-0.1, -0.05) is 0 Å². The predicted octanol–water partition coefficient (Wildman–Crippen LogP) is 0.846. The molecule has 0 saturated carbocycles. The number of rotatable bonds is 3. The van der Waals surface area contributed by atoms with Crippen LogP contribution < -0.4 is 0 Å². The molecular formula is C9H16ClNO2. The summed E-state index contributed by atoms with van der Waals surface area (Å²) in [7, 11) is 0. The normalized spacial score (nSPS) is 23.2. The van der Waals surface area contributed by atoms with Gasteiger partial charge in [0, 0.05) is 32.0 Å². The Labute approximate surface area is 83.7 Å². The first kappa shape index (κ1) is 10.8. The summed E-state index contributed by atoms with van der Waals surface area (Å²) in [6, 6.07) is 0. The molecule has 0 aromatic rings. The van der Waals surface area contributed by atoms with Crippen molar-refractivity contribution in [3.05, 3.63) is 0 Å². The van der Waals surface area contributed by atoms with Gasteiger partial charge < -0.3 is 10.0 Å². The van der Waals surface area contributed by atoms with Gasteiger partial charge in [-0.05, 0) is 18.8 Å². The van der Waals surface area contributed by atoms with Gasteiger partial charge in [-0.2, -0.15) is 0 Å². The van der Waals surface area contributed by atoms with E-state index < -0.39 is 0 Å². The SMILES string of the molecule is O=C(CCCl)N1CCC[C@H](CO)C1. The summed E-state index contributed by atoms with van der Waals surface area (Å²) in [5.74, 6) is 0.778. The number of carbonyl (C=O) groups is 1. The van der Waals surface area contributed by atoms with Gasteiger partial charge in [0.15, 0.2) is 0 Å². The number of carbonyl (C=O) groups excluding carboxylic acids is 1. The number of aliphatic hydroxyl groups is 1. The van der Waals surface area contributed by atoms with Gasteiger partial charge in [0.2, 0.25) is 5.91 Å². The molecule has 1 aliphatic heterocycles. The Morgan fingerprint density at radius 1 is 1.62 bits per heavy atom. The van der Waals surface area contributed by atoms with Gasteiger partial charge in [0.25, 0.3) is 0 Å². The fraction of sp³-hybridized carbons (Fsp3) is 0.889. The van der Waals surface area contributed by atoms with Gasteiger partial charge in [-0.15, -0.1) is 11.6 Å². The zero-order chi connectivity index (χ0) is 9.68. The first-order valence-electron chi connectivity index (χ1n) is 4.72. The van der Waals surface area contributed by atoms with Crippen molar-refractivity contribution in [1.29, 1.82) is 0 Å². The van der Waals surface area contributed by atoms with E-state index >= 15 is 0 Å². The standard InChI is InChI=1S/C9H16ClNO2/c10-4-3-9(13)11-5-1-2-8(6-11)7-12/h8,12H,1-7H2/t8-/m0/s1. The van der Waals surface area contributed by atoms with Crippen molar-refractivity contribution >= 4 is 17.5 Å². The predicted molar refractivity (Wildman–Crippen MR) is 51.7 cm³/mol. The van der Waals surface area contributed by atoms with Crippen LogP contribution >= 0.6 is 11.6 Å². The molecule has 0 spiro atoms. The monoisotopic (exact) mass is 205 g/mol. The number of nitrogens with zero attached hydrogens (tertiary/aromatic N) is 1. The third-order valence-corrected chi connectivity index (χ3v) is 2.63. The van der Waals surface area contributed by atoms with Crippen molar-refractivity contribution in [2.24, 2.45) is 5.92 Å². The Hall–Kier alpha value is -0.280. The molecular weight excluding hydrogens is 190 g/mol. The Morgan fingerprint density at radius 3 is 3.00 bits per heavy atom. The first-order valence-corrected chi connectivity index (χ1v) is 5.26. The lowest BCUT2D eigenvalue weighted by Crippen LogP contribution is -2.40. The molecule has 1 amide bonds. The van der Waals surface area contributed by atoms with Crippen molar-refractivity contribution in [2.45, 2.75) is 19.3 Å². The minimum atomic E-state index is 0.119. The molecule has 1 N–H and O–H groups in total. The zero-order valence-corrected chi connectivity index (χ0v) is 8.46. The summed E-state index contributed by atoms with van der Waals surface area (Å²) < 4.78 is 0. The molecule has 4 heteroatoms. The van der Waals surface area contributed by atoms with E-state index in [9.17, 15) is 4.79 Å². The third-order valence-electron chi connectivity index (χ3n) is 2.44. The molecule has 0 radical (unpaired) electrons. The van der Waals surface area contributed by atoms with Crippen molar-refractivity contribution in [3.63, 3.8) is 0 Å². The van der Waals surface area contributed by atoms with Crippen LogP contribution in [0.2, 0.25) is 0 Å². The van der Waals surface area contributed by atoms with Crippen LogP contribution in [0.3, 0.4) is 0 Å². The number of alkyl halides is 1. The molecule has 1 atom stereocenters. The molecule has 0 aromatic heterocycles. The molecule has 0 bridgehead atoms. The lowest BCUT2D eigenvalue weighted by atomic mass is 9.99. The van der Waals surface area contributed by atoms with E-state index in [4.69, 9.17) is 16.7 Å². The second-order valence-electron chi connectivity index (χ2n) is 3.47. The summed E-state index contributed by atoms with van der Waals surface area (Å²) in [5.41, 5.74) is 0. The molecule has 3 nitrogen and oxygen atoms in total. The van der Waals surface area contributed by atoms with Crippen LogP contribution in [0.5, 0.6) is 0 Å². The Morgan fingerprint density at radius 2 is 2.38 bits per heavy atom. The Kier molecular flexibility index (Phi) is 4.53. The fourth-order valence-electron chi connectivity index (χ4n) is 1.68. The molecule has 76 valence electrons. The molecule has 1 fully saturated rings. The number of piperidine rings is 1. The lowest BCUT2D eigenvalue weighted by Gasteiger charge is -2.31. The molecule has 1 heterocycles. The number of aliphatic hydroxyl groups excluding tert-OH is 1. The summed E-state index contributed by atoms with van der Waals surface area (Å²) in [5, 5.41) is 8.96. The summed E-state index contributed by atoms with van der Waals surface area (Å²) in [6.45, 7) is 1.71. The second kappa shape index (κ2) is 5.45. The van der Waals surface area contributed by atoms with Crippen molar-refractivity contribution < 1.29 is 9.90 Å². The molecule has 0 aliphatic carbocycles. The van der Waals surface area contributed by atoms with Crippen LogP contribution in [0.15, 0.2) is 0 Å². The van der Waals surface area contributed by atoms with E-state index in [0.29, 0.717) is 18.8 Å². The third kappa shape index (κ3) is 3.16. The van der Waals surface area contributed by atoms with Crippen molar-refractivity contribution in [2.75, 3.05) is 25.6 Å². The van der Waals surface area contributed by atoms with Crippen LogP contribution in [-0.2, 0) is 4.79 Å². The van der Waals surface area contributed by atoms with Crippen LogP contribution in [0.4, 0.5) is 0 Å². The maximum absolute atomic E-state index is 11.4. The highest BCUT2D eigenvalue weighted by atomic mass is 35.5. The number of halogens is 1. The van der Waals surface area contributed by atoms with E-state index in [-0.39, 0.29) is 18.4 Å². The van der Waals surface area contributed by atoms with Crippen molar-refractivity contribution in [1.82, 2.24) is 4.90 Å². The Balaban J connectivity index is 2.37. The first-order chi connectivity index (χ1) is 6.27. The van der Waals surface area contributed by atoms with Crippen LogP contribution in [0.25, 0.3) is 0 Å². The highest BCUT2D eigenvalue weighted by Gasteiger charge is 2.22. The molecule has 1 rings (SSSR count). The molecule has 0 aromatic carbocycles. The number of likely N-dealkylation sites (tertiary alicyclic amines) is 1. The highest BCUT2D eigenvalue weighted by Crippen LogP contribution is 2.16. The van der Waals surface area contributed by atoms with Crippen LogP contribution in [0, 0.1) is 5.92 Å². The van der Waals surface area contributed by atoms with Gasteiger partial charge in [-0.3, -0.25) is 4.79 Å². The van der Waals surface area contributed by atoms with Gasteiger partial charge in [0.1, 0.15) is 0 Å². The summed E-state index contributed by atoms with van der Waals surface area (Å²) in [4.78, 5) is 13.2. The quantitative estimate of drug-likeness (QED) is 0.694. The average molecular weight is 206 g/mol. The van der Waals surface area contributed by atoms with Crippen LogP contribution in [0.1, 0.15) is 19.3 Å². The number of hydrogen-bond acceptors (Lipinski definition) is 2. The maximum atomic E-state index is 11.4. The van der Waals surface area contributed by atoms with Gasteiger partial charge in [0.05, 0.1) is 0 Å². The molecule has 1 saturated heterocycles. The maximum Gasteiger partial charge on any atom is 0.223 e. The average Bonchev–Trinajstić information content (AvgIpc) is 2.18. The van der Waals surface area contributed by atoms with E-state index in [2.05, 4.69) is 0 Å². The Bertz CT molecular complexity index is 175. The topological polar surface area (TPSA) is 40.5 Å².